The fourth-order valence-corrected chi connectivity index (χ4v) is 2.58. The molecule has 1 aromatic rings. The highest BCUT2D eigenvalue weighted by Crippen LogP contribution is 2.31. The van der Waals surface area contributed by atoms with Crippen molar-refractivity contribution in [2.24, 2.45) is 0 Å². The molecule has 0 bridgehead atoms. The van der Waals surface area contributed by atoms with Gasteiger partial charge in [-0.15, -0.1) is 0 Å². The number of nitrogen functional groups attached to an aromatic ring is 1. The van der Waals surface area contributed by atoms with E-state index in [-0.39, 0.29) is 0 Å². The average molecular weight is 266 g/mol. The van der Waals surface area contributed by atoms with Crippen molar-refractivity contribution < 1.29 is 14.6 Å². The van der Waals surface area contributed by atoms with E-state index in [1.54, 1.807) is 18.5 Å². The fourth-order valence-electron chi connectivity index (χ4n) is 2.58. The van der Waals surface area contributed by atoms with Gasteiger partial charge in [-0.2, -0.15) is 0 Å². The Kier molecular flexibility index (Phi) is 4.74. The van der Waals surface area contributed by atoms with Gasteiger partial charge in [0.25, 0.3) is 0 Å². The summed E-state index contributed by atoms with van der Waals surface area (Å²) in [5, 5.41) is 10.6. The number of ether oxygens (including phenoxy) is 2. The van der Waals surface area contributed by atoms with Gasteiger partial charge >= 0.3 is 0 Å². The minimum Gasteiger partial charge on any atom is -0.398 e. The van der Waals surface area contributed by atoms with E-state index in [2.05, 4.69) is 4.98 Å². The predicted octanol–water partition coefficient (Wildman–Crippen LogP) is 1.15. The zero-order valence-electron chi connectivity index (χ0n) is 11.3. The van der Waals surface area contributed by atoms with Crippen molar-refractivity contribution in [2.75, 3.05) is 25.6 Å². The molecule has 1 aliphatic heterocycles. The summed E-state index contributed by atoms with van der Waals surface area (Å²) in [7, 11) is 0. The van der Waals surface area contributed by atoms with Crippen molar-refractivity contribution >= 4 is 5.69 Å². The van der Waals surface area contributed by atoms with E-state index in [4.69, 9.17) is 15.2 Å². The zero-order chi connectivity index (χ0) is 13.7. The van der Waals surface area contributed by atoms with Gasteiger partial charge in [-0.05, 0) is 18.6 Å². The third-order valence-corrected chi connectivity index (χ3v) is 3.73. The molecule has 5 heteroatoms. The van der Waals surface area contributed by atoms with Crippen molar-refractivity contribution in [2.45, 2.75) is 37.9 Å². The first-order valence-corrected chi connectivity index (χ1v) is 6.76. The summed E-state index contributed by atoms with van der Waals surface area (Å²) in [4.78, 5) is 4.06. The maximum Gasteiger partial charge on any atom is 0.0987 e. The lowest BCUT2D eigenvalue weighted by molar-refractivity contribution is -0.165. The number of nitrogens with two attached hydrogens (primary N) is 1. The smallest absolute Gasteiger partial charge is 0.0987 e. The van der Waals surface area contributed by atoms with Gasteiger partial charge in [0.1, 0.15) is 0 Å². The molecule has 19 heavy (non-hydrogen) atoms. The largest absolute Gasteiger partial charge is 0.398 e. The topological polar surface area (TPSA) is 77.6 Å². The summed E-state index contributed by atoms with van der Waals surface area (Å²) in [6.45, 7) is 3.78. The number of anilines is 1. The van der Waals surface area contributed by atoms with Gasteiger partial charge in [0, 0.05) is 57.2 Å². The van der Waals surface area contributed by atoms with Crippen LogP contribution >= 0.6 is 0 Å². The van der Waals surface area contributed by atoms with E-state index in [9.17, 15) is 5.11 Å². The van der Waals surface area contributed by atoms with Crippen LogP contribution in [0.5, 0.6) is 0 Å². The number of aliphatic hydroxyl groups is 1. The maximum atomic E-state index is 10.6. The molecule has 0 aliphatic carbocycles. The Morgan fingerprint density at radius 2 is 2.26 bits per heavy atom. The van der Waals surface area contributed by atoms with Crippen molar-refractivity contribution in [3.63, 3.8) is 0 Å². The van der Waals surface area contributed by atoms with E-state index in [1.165, 1.54) is 0 Å². The van der Waals surface area contributed by atoms with Gasteiger partial charge in [0.05, 0.1) is 11.7 Å². The van der Waals surface area contributed by atoms with Crippen LogP contribution in [0, 0.1) is 0 Å². The molecule has 2 rings (SSSR count). The van der Waals surface area contributed by atoms with Crippen LogP contribution in [-0.2, 0) is 15.9 Å². The van der Waals surface area contributed by atoms with Crippen LogP contribution in [0.15, 0.2) is 18.5 Å². The van der Waals surface area contributed by atoms with Gasteiger partial charge < -0.3 is 20.3 Å². The van der Waals surface area contributed by atoms with Crippen LogP contribution in [0.3, 0.4) is 0 Å². The van der Waals surface area contributed by atoms with E-state index in [0.29, 0.717) is 44.8 Å². The Morgan fingerprint density at radius 1 is 1.53 bits per heavy atom. The molecule has 2 heterocycles. The first-order valence-electron chi connectivity index (χ1n) is 6.76. The standard InChI is InChI=1S/C14H22N2O3/c1-2-19-14(4-7-18-8-5-14)13(17)9-11-10-16-6-3-12(11)15/h3,6,10,13,17H,2,4-5,7-9H2,1H3,(H2,15,16). The molecule has 0 aromatic carbocycles. The van der Waals surface area contributed by atoms with Gasteiger partial charge in [0.15, 0.2) is 0 Å². The van der Waals surface area contributed by atoms with Crippen LogP contribution in [-0.4, -0.2) is 41.6 Å². The highest BCUT2D eigenvalue weighted by atomic mass is 16.5. The number of rotatable bonds is 5. The van der Waals surface area contributed by atoms with E-state index in [0.717, 1.165) is 5.56 Å². The molecule has 1 unspecified atom stereocenters. The Balaban J connectivity index is 2.11. The Hall–Kier alpha value is -1.17. The number of pyridine rings is 1. The molecular formula is C14H22N2O3. The summed E-state index contributed by atoms with van der Waals surface area (Å²) in [5.41, 5.74) is 6.90. The molecule has 5 nitrogen and oxygen atoms in total. The number of aromatic nitrogens is 1. The van der Waals surface area contributed by atoms with Gasteiger partial charge in [-0.3, -0.25) is 4.98 Å². The van der Waals surface area contributed by atoms with Crippen molar-refractivity contribution in [3.8, 4) is 0 Å². The summed E-state index contributed by atoms with van der Waals surface area (Å²) < 4.78 is 11.2. The second-order valence-electron chi connectivity index (χ2n) is 4.90. The monoisotopic (exact) mass is 266 g/mol. The molecule has 0 radical (unpaired) electrons. The van der Waals surface area contributed by atoms with Crippen LogP contribution in [0.25, 0.3) is 0 Å². The number of hydrogen-bond donors (Lipinski definition) is 2. The minimum atomic E-state index is -0.595. The highest BCUT2D eigenvalue weighted by Gasteiger charge is 2.40. The van der Waals surface area contributed by atoms with Gasteiger partial charge in [-0.1, -0.05) is 0 Å². The Bertz CT molecular complexity index is 400. The quantitative estimate of drug-likeness (QED) is 0.836. The fraction of sp³-hybridized carbons (Fsp3) is 0.643. The third-order valence-electron chi connectivity index (χ3n) is 3.73. The molecule has 0 spiro atoms. The van der Waals surface area contributed by atoms with E-state index >= 15 is 0 Å². The van der Waals surface area contributed by atoms with Crippen LogP contribution in [0.2, 0.25) is 0 Å². The first kappa shape index (κ1) is 14.2. The lowest BCUT2D eigenvalue weighted by atomic mass is 9.84. The van der Waals surface area contributed by atoms with Gasteiger partial charge in [-0.25, -0.2) is 0 Å². The molecule has 0 saturated carbocycles. The van der Waals surface area contributed by atoms with Crippen molar-refractivity contribution in [1.29, 1.82) is 0 Å². The zero-order valence-corrected chi connectivity index (χ0v) is 11.3. The van der Waals surface area contributed by atoms with E-state index < -0.39 is 11.7 Å². The second kappa shape index (κ2) is 6.32. The van der Waals surface area contributed by atoms with Crippen LogP contribution < -0.4 is 5.73 Å². The lowest BCUT2D eigenvalue weighted by Crippen LogP contribution is -2.50. The van der Waals surface area contributed by atoms with Crippen LogP contribution in [0.4, 0.5) is 5.69 Å². The molecule has 1 atom stereocenters. The van der Waals surface area contributed by atoms with Crippen molar-refractivity contribution in [3.05, 3.63) is 24.0 Å². The lowest BCUT2D eigenvalue weighted by Gasteiger charge is -2.40. The Labute approximate surface area is 113 Å². The van der Waals surface area contributed by atoms with Crippen molar-refractivity contribution in [1.82, 2.24) is 4.98 Å². The highest BCUT2D eigenvalue weighted by molar-refractivity contribution is 5.44. The number of nitrogens with zero attached hydrogens (tertiary/aromatic N) is 1. The van der Waals surface area contributed by atoms with Crippen LogP contribution in [0.1, 0.15) is 25.3 Å². The second-order valence-corrected chi connectivity index (χ2v) is 4.90. The molecule has 3 N–H and O–H groups in total. The molecule has 1 saturated heterocycles. The molecule has 1 aromatic heterocycles. The summed E-state index contributed by atoms with van der Waals surface area (Å²) in [6, 6.07) is 1.75. The van der Waals surface area contributed by atoms with E-state index in [1.807, 2.05) is 6.92 Å². The summed E-state index contributed by atoms with van der Waals surface area (Å²) >= 11 is 0. The predicted molar refractivity (Wildman–Crippen MR) is 72.8 cm³/mol. The third kappa shape index (κ3) is 3.23. The molecule has 1 aliphatic rings. The summed E-state index contributed by atoms with van der Waals surface area (Å²) in [6.07, 6.45) is 4.64. The molecular weight excluding hydrogens is 244 g/mol. The normalized spacial score (nSPS) is 20.1. The SMILES string of the molecule is CCOC1(C(O)Cc2cnccc2N)CCOCC1. The first-order chi connectivity index (χ1) is 9.18. The van der Waals surface area contributed by atoms with Gasteiger partial charge in [0.2, 0.25) is 0 Å². The maximum absolute atomic E-state index is 10.6. The minimum absolute atomic E-state index is 0.458. The molecule has 0 amide bonds. The molecule has 106 valence electrons. The Morgan fingerprint density at radius 3 is 2.89 bits per heavy atom. The summed E-state index contributed by atoms with van der Waals surface area (Å²) in [5.74, 6) is 0. The number of aliphatic hydroxyl groups excluding tert-OH is 1. The average Bonchev–Trinajstić information content (AvgIpc) is 2.42. The molecule has 1 fully saturated rings. The number of hydrogen-bond acceptors (Lipinski definition) is 5.